The van der Waals surface area contributed by atoms with Crippen LogP contribution in [0.5, 0.6) is 5.75 Å². The molecule has 1 aliphatic rings. The highest BCUT2D eigenvalue weighted by Gasteiger charge is 2.27. The third-order valence-corrected chi connectivity index (χ3v) is 4.89. The molecular formula is C21H28BrNO5. The molecule has 1 saturated heterocycles. The van der Waals surface area contributed by atoms with Gasteiger partial charge < -0.3 is 19.1 Å². The highest BCUT2D eigenvalue weighted by Crippen LogP contribution is 2.31. The van der Waals surface area contributed by atoms with Gasteiger partial charge in [0, 0.05) is 13.1 Å². The van der Waals surface area contributed by atoms with Gasteiger partial charge in [-0.05, 0) is 57.2 Å². The third-order valence-electron chi connectivity index (χ3n) is 4.34. The van der Waals surface area contributed by atoms with Crippen LogP contribution in [-0.2, 0) is 14.3 Å². The van der Waals surface area contributed by atoms with E-state index < -0.39 is 11.6 Å². The molecule has 0 radical (unpaired) electrons. The second kappa shape index (κ2) is 9.96. The summed E-state index contributed by atoms with van der Waals surface area (Å²) in [7, 11) is 1.33. The van der Waals surface area contributed by atoms with Crippen molar-refractivity contribution in [3.8, 4) is 5.75 Å². The Kier molecular flexibility index (Phi) is 7.92. The van der Waals surface area contributed by atoms with Crippen molar-refractivity contribution >= 4 is 28.0 Å². The molecule has 0 atom stereocenters. The number of ether oxygens (including phenoxy) is 3. The molecule has 2 rings (SSSR count). The lowest BCUT2D eigenvalue weighted by Crippen LogP contribution is -2.41. The highest BCUT2D eigenvalue weighted by molar-refractivity contribution is 9.09. The number of alkyl halides is 1. The summed E-state index contributed by atoms with van der Waals surface area (Å²) in [5.41, 5.74) is 0.679. The number of carbonyl (C=O) groups is 2. The lowest BCUT2D eigenvalue weighted by molar-refractivity contribution is -0.135. The van der Waals surface area contributed by atoms with Crippen LogP contribution in [0, 0.1) is 0 Å². The first-order valence-corrected chi connectivity index (χ1v) is 10.4. The van der Waals surface area contributed by atoms with E-state index in [2.05, 4.69) is 26.7 Å². The van der Waals surface area contributed by atoms with Crippen LogP contribution in [0.4, 0.5) is 4.79 Å². The van der Waals surface area contributed by atoms with Crippen molar-refractivity contribution < 1.29 is 23.8 Å². The summed E-state index contributed by atoms with van der Waals surface area (Å²) in [6.07, 6.45) is 2.80. The van der Waals surface area contributed by atoms with Gasteiger partial charge in [-0.3, -0.25) is 0 Å². The Morgan fingerprint density at radius 1 is 1.25 bits per heavy atom. The van der Waals surface area contributed by atoms with Crippen LogP contribution in [0.1, 0.15) is 45.1 Å². The zero-order valence-corrected chi connectivity index (χ0v) is 18.5. The van der Waals surface area contributed by atoms with E-state index in [1.54, 1.807) is 4.90 Å². The Hall–Kier alpha value is -2.02. The first-order chi connectivity index (χ1) is 13.2. The Morgan fingerprint density at radius 2 is 1.93 bits per heavy atom. The number of hydrogen-bond acceptors (Lipinski definition) is 5. The van der Waals surface area contributed by atoms with Crippen LogP contribution in [0.15, 0.2) is 36.1 Å². The van der Waals surface area contributed by atoms with Crippen LogP contribution < -0.4 is 4.74 Å². The molecule has 28 heavy (non-hydrogen) atoms. The lowest BCUT2D eigenvalue weighted by atomic mass is 9.89. The van der Waals surface area contributed by atoms with Crippen molar-refractivity contribution in [3.05, 3.63) is 41.7 Å². The molecule has 1 amide bonds. The molecule has 154 valence electrons. The number of rotatable bonds is 5. The van der Waals surface area contributed by atoms with Gasteiger partial charge in [-0.15, -0.1) is 0 Å². The normalized spacial score (nSPS) is 15.9. The minimum Gasteiger partial charge on any atom is -0.466 e. The molecule has 7 heteroatoms. The molecule has 0 aromatic heterocycles. The van der Waals surface area contributed by atoms with Crippen molar-refractivity contribution in [1.29, 1.82) is 0 Å². The third kappa shape index (κ3) is 6.86. The molecule has 0 spiro atoms. The van der Waals surface area contributed by atoms with Crippen molar-refractivity contribution in [2.45, 2.75) is 45.1 Å². The molecule has 0 unspecified atom stereocenters. The molecule has 1 fully saturated rings. The van der Waals surface area contributed by atoms with E-state index in [1.807, 2.05) is 39.0 Å². The van der Waals surface area contributed by atoms with E-state index >= 15 is 0 Å². The summed E-state index contributed by atoms with van der Waals surface area (Å²) in [6.45, 7) is 6.95. The van der Waals surface area contributed by atoms with Gasteiger partial charge in [-0.1, -0.05) is 28.1 Å². The molecule has 1 aromatic rings. The fourth-order valence-electron chi connectivity index (χ4n) is 2.99. The van der Waals surface area contributed by atoms with Gasteiger partial charge in [0.15, 0.2) is 0 Å². The number of carbonyl (C=O) groups excluding carboxylic acids is 2. The van der Waals surface area contributed by atoms with Gasteiger partial charge in [-0.2, -0.15) is 0 Å². The average molecular weight is 454 g/mol. The molecule has 1 aromatic carbocycles. The zero-order chi connectivity index (χ0) is 20.7. The molecule has 0 bridgehead atoms. The Balaban J connectivity index is 1.99. The zero-order valence-electron chi connectivity index (χ0n) is 16.9. The first-order valence-electron chi connectivity index (χ1n) is 9.32. The number of amides is 1. The molecule has 0 saturated carbocycles. The van der Waals surface area contributed by atoms with Crippen LogP contribution >= 0.6 is 15.9 Å². The molecule has 6 nitrogen and oxygen atoms in total. The standard InChI is InChI=1S/C21H28BrNO5/c1-21(2,3)28-20(25)23-10-8-15(9-11-23)16-6-5-7-17(12-16)27-18(14-22)13-19(24)26-4/h5-7,12-13,15H,8-11,14H2,1-4H3/b18-13+. The van der Waals surface area contributed by atoms with Gasteiger partial charge in [0.25, 0.3) is 0 Å². The number of methoxy groups -OCH3 is 1. The molecule has 1 heterocycles. The largest absolute Gasteiger partial charge is 0.466 e. The van der Waals surface area contributed by atoms with Gasteiger partial charge in [0.05, 0.1) is 18.5 Å². The van der Waals surface area contributed by atoms with Crippen LogP contribution in [0.2, 0.25) is 0 Å². The summed E-state index contributed by atoms with van der Waals surface area (Å²) in [6, 6.07) is 7.85. The second-order valence-corrected chi connectivity index (χ2v) is 8.24. The number of piperidine rings is 1. The van der Waals surface area contributed by atoms with Crippen LogP contribution in [0.25, 0.3) is 0 Å². The monoisotopic (exact) mass is 453 g/mol. The van der Waals surface area contributed by atoms with Crippen molar-refractivity contribution in [2.24, 2.45) is 0 Å². The minimum atomic E-state index is -0.482. The molecular weight excluding hydrogens is 426 g/mol. The number of benzene rings is 1. The first kappa shape index (κ1) is 22.3. The Morgan fingerprint density at radius 3 is 2.50 bits per heavy atom. The maximum Gasteiger partial charge on any atom is 0.410 e. The molecule has 0 aliphatic carbocycles. The van der Waals surface area contributed by atoms with Gasteiger partial charge in [0.2, 0.25) is 0 Å². The number of likely N-dealkylation sites (tertiary alicyclic amines) is 1. The van der Waals surface area contributed by atoms with Crippen LogP contribution in [-0.4, -0.2) is 48.1 Å². The lowest BCUT2D eigenvalue weighted by Gasteiger charge is -2.33. The van der Waals surface area contributed by atoms with E-state index in [1.165, 1.54) is 13.2 Å². The highest BCUT2D eigenvalue weighted by atomic mass is 79.9. The predicted molar refractivity (Wildman–Crippen MR) is 111 cm³/mol. The van der Waals surface area contributed by atoms with Crippen molar-refractivity contribution in [2.75, 3.05) is 25.5 Å². The van der Waals surface area contributed by atoms with Crippen LogP contribution in [0.3, 0.4) is 0 Å². The van der Waals surface area contributed by atoms with E-state index in [0.29, 0.717) is 35.8 Å². The summed E-state index contributed by atoms with van der Waals surface area (Å²) < 4.78 is 15.9. The summed E-state index contributed by atoms with van der Waals surface area (Å²) >= 11 is 3.32. The maximum atomic E-state index is 12.2. The average Bonchev–Trinajstić information content (AvgIpc) is 2.66. The van der Waals surface area contributed by atoms with Gasteiger partial charge in [0.1, 0.15) is 17.1 Å². The topological polar surface area (TPSA) is 65.1 Å². The number of halogens is 1. The predicted octanol–water partition coefficient (Wildman–Crippen LogP) is 4.63. The second-order valence-electron chi connectivity index (χ2n) is 7.68. The quantitative estimate of drug-likeness (QED) is 0.281. The minimum absolute atomic E-state index is 0.252. The van der Waals surface area contributed by atoms with E-state index in [0.717, 1.165) is 18.4 Å². The number of hydrogen-bond donors (Lipinski definition) is 0. The SMILES string of the molecule is COC(=O)/C=C(\CBr)Oc1cccc(C2CCN(C(=O)OC(C)(C)C)CC2)c1. The van der Waals surface area contributed by atoms with E-state index in [-0.39, 0.29) is 6.09 Å². The fraction of sp³-hybridized carbons (Fsp3) is 0.524. The number of allylic oxidation sites excluding steroid dienone is 1. The number of esters is 1. The summed E-state index contributed by atoms with van der Waals surface area (Å²) in [5, 5.41) is 0.403. The Labute approximate surface area is 175 Å². The summed E-state index contributed by atoms with van der Waals surface area (Å²) in [4.78, 5) is 25.4. The molecule has 0 N–H and O–H groups in total. The van der Waals surface area contributed by atoms with E-state index in [9.17, 15) is 9.59 Å². The fourth-order valence-corrected chi connectivity index (χ4v) is 3.27. The maximum absolute atomic E-state index is 12.2. The van der Waals surface area contributed by atoms with Crippen molar-refractivity contribution in [1.82, 2.24) is 4.90 Å². The summed E-state index contributed by atoms with van der Waals surface area (Å²) in [5.74, 6) is 1.03. The smallest absolute Gasteiger partial charge is 0.410 e. The Bertz CT molecular complexity index is 718. The van der Waals surface area contributed by atoms with Gasteiger partial charge >= 0.3 is 12.1 Å². The van der Waals surface area contributed by atoms with E-state index in [4.69, 9.17) is 9.47 Å². The van der Waals surface area contributed by atoms with Crippen molar-refractivity contribution in [3.63, 3.8) is 0 Å². The number of nitrogens with zero attached hydrogens (tertiary/aromatic N) is 1. The molecule has 1 aliphatic heterocycles. The van der Waals surface area contributed by atoms with Gasteiger partial charge in [-0.25, -0.2) is 9.59 Å².